The van der Waals surface area contributed by atoms with Gasteiger partial charge in [0.05, 0.1) is 6.10 Å². The maximum absolute atomic E-state index is 12.4. The van der Waals surface area contributed by atoms with E-state index in [0.29, 0.717) is 29.0 Å². The van der Waals surface area contributed by atoms with Gasteiger partial charge in [0, 0.05) is 11.8 Å². The number of Topliss-reactive ketones (excluding diaryl/α,β-unsaturated/α-hetero) is 1. The molecule has 0 heterocycles. The molecule has 4 saturated carbocycles. The Hall–Kier alpha value is -0.370. The molecule has 0 aromatic heterocycles. The Labute approximate surface area is 128 Å². The fraction of sp³-hybridized carbons (Fsp3) is 0.947. The molecule has 1 N–H and O–H groups in total. The molecule has 7 atom stereocenters. The minimum absolute atomic E-state index is 0.210. The zero-order chi connectivity index (χ0) is 14.8. The van der Waals surface area contributed by atoms with Crippen LogP contribution in [0.1, 0.15) is 71.6 Å². The van der Waals surface area contributed by atoms with Crippen LogP contribution in [0.3, 0.4) is 0 Å². The van der Waals surface area contributed by atoms with Crippen LogP contribution in [0.5, 0.6) is 0 Å². The molecule has 0 aromatic carbocycles. The van der Waals surface area contributed by atoms with E-state index in [1.807, 2.05) is 0 Å². The molecule has 21 heavy (non-hydrogen) atoms. The number of fused-ring (bicyclic) bond motifs is 5. The van der Waals surface area contributed by atoms with Crippen molar-refractivity contribution in [3.63, 3.8) is 0 Å². The monoisotopic (exact) mass is 290 g/mol. The zero-order valence-corrected chi connectivity index (χ0v) is 13.6. The number of hydrogen-bond acceptors (Lipinski definition) is 2. The molecule has 0 bridgehead atoms. The van der Waals surface area contributed by atoms with E-state index in [1.54, 1.807) is 0 Å². The van der Waals surface area contributed by atoms with Crippen LogP contribution in [0.4, 0.5) is 0 Å². The van der Waals surface area contributed by atoms with Crippen molar-refractivity contribution < 1.29 is 9.90 Å². The molecular weight excluding hydrogens is 260 g/mol. The normalized spacial score (nSPS) is 56.5. The third-order valence-corrected chi connectivity index (χ3v) is 8.22. The molecule has 0 aromatic rings. The first-order valence-corrected chi connectivity index (χ1v) is 9.18. The third kappa shape index (κ3) is 1.77. The van der Waals surface area contributed by atoms with Crippen LogP contribution in [0.2, 0.25) is 0 Å². The summed E-state index contributed by atoms with van der Waals surface area (Å²) >= 11 is 0. The fourth-order valence-corrected chi connectivity index (χ4v) is 7.19. The first kappa shape index (κ1) is 14.2. The topological polar surface area (TPSA) is 37.3 Å². The van der Waals surface area contributed by atoms with Crippen LogP contribution in [0, 0.1) is 34.5 Å². The molecule has 118 valence electrons. The van der Waals surface area contributed by atoms with Crippen molar-refractivity contribution in [3.8, 4) is 0 Å². The summed E-state index contributed by atoms with van der Waals surface area (Å²) in [4.78, 5) is 12.4. The van der Waals surface area contributed by atoms with Crippen molar-refractivity contribution in [3.05, 3.63) is 0 Å². The lowest BCUT2D eigenvalue weighted by molar-refractivity contribution is -0.168. The van der Waals surface area contributed by atoms with Gasteiger partial charge in [-0.2, -0.15) is 0 Å². The Bertz CT molecular complexity index is 458. The smallest absolute Gasteiger partial charge is 0.139 e. The van der Waals surface area contributed by atoms with Gasteiger partial charge >= 0.3 is 0 Å². The minimum Gasteiger partial charge on any atom is -0.393 e. The highest BCUT2D eigenvalue weighted by Gasteiger charge is 2.62. The summed E-state index contributed by atoms with van der Waals surface area (Å²) in [6, 6.07) is 0. The van der Waals surface area contributed by atoms with E-state index < -0.39 is 0 Å². The van der Waals surface area contributed by atoms with Gasteiger partial charge in [0.25, 0.3) is 0 Å². The van der Waals surface area contributed by atoms with Crippen molar-refractivity contribution >= 4 is 5.78 Å². The largest absolute Gasteiger partial charge is 0.393 e. The van der Waals surface area contributed by atoms with Gasteiger partial charge in [-0.15, -0.1) is 0 Å². The van der Waals surface area contributed by atoms with Crippen molar-refractivity contribution in [2.75, 3.05) is 0 Å². The second-order valence-electron chi connectivity index (χ2n) is 8.97. The van der Waals surface area contributed by atoms with E-state index in [2.05, 4.69) is 13.8 Å². The summed E-state index contributed by atoms with van der Waals surface area (Å²) in [6.07, 6.45) is 10.3. The summed E-state index contributed by atoms with van der Waals surface area (Å²) in [6.45, 7) is 4.62. The highest BCUT2D eigenvalue weighted by atomic mass is 16.3. The van der Waals surface area contributed by atoms with Crippen molar-refractivity contribution in [1.82, 2.24) is 0 Å². The maximum Gasteiger partial charge on any atom is 0.139 e. The molecule has 0 saturated heterocycles. The number of carbonyl (C=O) groups excluding carboxylic acids is 1. The quantitative estimate of drug-likeness (QED) is 0.733. The van der Waals surface area contributed by atoms with Gasteiger partial charge in [-0.3, -0.25) is 4.79 Å². The summed E-state index contributed by atoms with van der Waals surface area (Å²) in [5.74, 6) is 2.87. The average Bonchev–Trinajstić information content (AvgIpc) is 2.73. The minimum atomic E-state index is -0.246. The second kappa shape index (κ2) is 4.57. The zero-order valence-electron chi connectivity index (χ0n) is 13.6. The van der Waals surface area contributed by atoms with Crippen LogP contribution in [0.25, 0.3) is 0 Å². The van der Waals surface area contributed by atoms with Gasteiger partial charge in [0.1, 0.15) is 5.78 Å². The van der Waals surface area contributed by atoms with E-state index in [0.717, 1.165) is 25.2 Å². The number of hydrogen-bond donors (Lipinski definition) is 1. The standard InChI is InChI=1S/C19H30O2/c1-18-10-4-3-5-12(18)6-7-13-14-8-9-16(21)19(14,2)11-15(20)17(13)18/h12-15,17,20H,3-11H2,1-2H3/t12?,13-,14-,15?,17-,18-,19-/m0/s1. The summed E-state index contributed by atoms with van der Waals surface area (Å²) in [7, 11) is 0. The maximum atomic E-state index is 12.4. The molecule has 4 rings (SSSR count). The highest BCUT2D eigenvalue weighted by Crippen LogP contribution is 2.65. The predicted molar refractivity (Wildman–Crippen MR) is 82.7 cm³/mol. The Morgan fingerprint density at radius 2 is 1.90 bits per heavy atom. The first-order chi connectivity index (χ1) is 9.97. The van der Waals surface area contributed by atoms with Crippen LogP contribution in [-0.4, -0.2) is 17.0 Å². The van der Waals surface area contributed by atoms with Crippen molar-refractivity contribution in [2.45, 2.75) is 77.7 Å². The van der Waals surface area contributed by atoms with Crippen LogP contribution >= 0.6 is 0 Å². The summed E-state index contributed by atoms with van der Waals surface area (Å²) < 4.78 is 0. The molecular formula is C19H30O2. The molecule has 2 unspecified atom stereocenters. The van der Waals surface area contributed by atoms with Gasteiger partial charge in [-0.05, 0) is 67.6 Å². The number of ketones is 1. The number of rotatable bonds is 0. The van der Waals surface area contributed by atoms with Crippen LogP contribution in [0.15, 0.2) is 0 Å². The molecule has 0 spiro atoms. The average molecular weight is 290 g/mol. The third-order valence-electron chi connectivity index (χ3n) is 8.22. The summed E-state index contributed by atoms with van der Waals surface area (Å²) in [5, 5.41) is 11.0. The molecule has 0 aliphatic heterocycles. The van der Waals surface area contributed by atoms with Crippen molar-refractivity contribution in [1.29, 1.82) is 0 Å². The Morgan fingerprint density at radius 1 is 1.10 bits per heavy atom. The summed E-state index contributed by atoms with van der Waals surface area (Å²) in [5.41, 5.74) is 0.131. The Kier molecular flexibility index (Phi) is 3.10. The molecule has 4 aliphatic carbocycles. The van der Waals surface area contributed by atoms with Crippen molar-refractivity contribution in [2.24, 2.45) is 34.5 Å². The molecule has 0 amide bonds. The van der Waals surface area contributed by atoms with Crippen LogP contribution < -0.4 is 0 Å². The van der Waals surface area contributed by atoms with Gasteiger partial charge in [-0.25, -0.2) is 0 Å². The van der Waals surface area contributed by atoms with Gasteiger partial charge in [0.2, 0.25) is 0 Å². The van der Waals surface area contributed by atoms with E-state index >= 15 is 0 Å². The van der Waals surface area contributed by atoms with E-state index in [9.17, 15) is 9.90 Å². The van der Waals surface area contributed by atoms with E-state index in [4.69, 9.17) is 0 Å². The SMILES string of the molecule is C[C@]12CCCCC1CC[C@@H]1[C@H]2C(O)C[C@]2(C)C(=O)CC[C@@H]12. The van der Waals surface area contributed by atoms with Gasteiger partial charge in [0.15, 0.2) is 0 Å². The Balaban J connectivity index is 1.71. The first-order valence-electron chi connectivity index (χ1n) is 9.18. The molecule has 4 fully saturated rings. The van der Waals surface area contributed by atoms with Gasteiger partial charge in [-0.1, -0.05) is 26.7 Å². The van der Waals surface area contributed by atoms with E-state index in [-0.39, 0.29) is 11.5 Å². The molecule has 4 aliphatic rings. The van der Waals surface area contributed by atoms with Crippen LogP contribution in [-0.2, 0) is 4.79 Å². The molecule has 2 nitrogen and oxygen atoms in total. The number of carbonyl (C=O) groups is 1. The van der Waals surface area contributed by atoms with E-state index in [1.165, 1.54) is 38.5 Å². The lowest BCUT2D eigenvalue weighted by atomic mass is 9.44. The highest BCUT2D eigenvalue weighted by molar-refractivity contribution is 5.87. The lowest BCUT2D eigenvalue weighted by Gasteiger charge is -2.61. The molecule has 0 radical (unpaired) electrons. The fourth-order valence-electron chi connectivity index (χ4n) is 7.19. The number of aliphatic hydroxyl groups is 1. The second-order valence-corrected chi connectivity index (χ2v) is 8.97. The Morgan fingerprint density at radius 3 is 2.71 bits per heavy atom. The predicted octanol–water partition coefficient (Wildman–Crippen LogP) is 3.96. The van der Waals surface area contributed by atoms with Gasteiger partial charge < -0.3 is 5.11 Å². The molecule has 2 heteroatoms. The lowest BCUT2D eigenvalue weighted by Crippen LogP contribution is -2.58. The number of aliphatic hydroxyl groups excluding tert-OH is 1.